The first-order chi connectivity index (χ1) is 11.1. The number of rotatable bonds is 2. The van der Waals surface area contributed by atoms with Crippen molar-refractivity contribution in [1.29, 1.82) is 0 Å². The third kappa shape index (κ3) is 2.39. The Kier molecular flexibility index (Phi) is 3.34. The van der Waals surface area contributed by atoms with E-state index in [0.29, 0.717) is 5.69 Å². The molecule has 1 unspecified atom stereocenters. The van der Waals surface area contributed by atoms with Gasteiger partial charge in [0, 0.05) is 42.1 Å². The lowest BCUT2D eigenvalue weighted by Gasteiger charge is -2.34. The van der Waals surface area contributed by atoms with E-state index in [9.17, 15) is 4.79 Å². The summed E-state index contributed by atoms with van der Waals surface area (Å²) in [6, 6.07) is 6.11. The summed E-state index contributed by atoms with van der Waals surface area (Å²) < 4.78 is 2.21. The Morgan fingerprint density at radius 2 is 2.30 bits per heavy atom. The molecule has 0 bridgehead atoms. The highest BCUT2D eigenvalue weighted by Gasteiger charge is 2.28. The molecule has 3 aromatic heterocycles. The van der Waals surface area contributed by atoms with E-state index in [1.54, 1.807) is 11.3 Å². The van der Waals surface area contributed by atoms with Crippen molar-refractivity contribution in [1.82, 2.24) is 19.4 Å². The van der Waals surface area contributed by atoms with Gasteiger partial charge in [-0.05, 0) is 32.0 Å². The van der Waals surface area contributed by atoms with Crippen LogP contribution in [0.1, 0.15) is 34.2 Å². The standard InChI is InChI=1S/C17H18N4OS/c1-11-16-4-3-5-20(16)6-7-21(11)17(22)14-8-13(9-18-14)15-10-23-12(2)19-15/h3-5,8-11,18H,6-7H2,1-2H3. The largest absolute Gasteiger partial charge is 0.357 e. The number of carbonyl (C=O) groups is 1. The summed E-state index contributed by atoms with van der Waals surface area (Å²) in [5.41, 5.74) is 3.69. The Bertz CT molecular complexity index is 859. The van der Waals surface area contributed by atoms with Crippen LogP contribution in [0.3, 0.4) is 0 Å². The minimum absolute atomic E-state index is 0.0446. The van der Waals surface area contributed by atoms with Gasteiger partial charge >= 0.3 is 0 Å². The number of amides is 1. The first-order valence-corrected chi connectivity index (χ1v) is 8.58. The maximum absolute atomic E-state index is 12.9. The molecule has 0 fully saturated rings. The molecular formula is C17H18N4OS. The zero-order valence-electron chi connectivity index (χ0n) is 13.1. The molecule has 118 valence electrons. The normalized spacial score (nSPS) is 17.3. The number of aromatic nitrogens is 3. The summed E-state index contributed by atoms with van der Waals surface area (Å²) >= 11 is 1.62. The van der Waals surface area contributed by atoms with Gasteiger partial charge in [0.05, 0.1) is 16.7 Å². The van der Waals surface area contributed by atoms with Crippen LogP contribution >= 0.6 is 11.3 Å². The average Bonchev–Trinajstić information content (AvgIpc) is 3.26. The molecule has 6 heteroatoms. The Balaban J connectivity index is 1.59. The van der Waals surface area contributed by atoms with E-state index < -0.39 is 0 Å². The number of carbonyl (C=O) groups excluding carboxylic acids is 1. The average molecular weight is 326 g/mol. The van der Waals surface area contributed by atoms with E-state index in [1.165, 1.54) is 5.69 Å². The van der Waals surface area contributed by atoms with E-state index in [2.05, 4.69) is 33.7 Å². The van der Waals surface area contributed by atoms with Gasteiger partial charge in [-0.3, -0.25) is 4.79 Å². The zero-order valence-corrected chi connectivity index (χ0v) is 13.9. The van der Waals surface area contributed by atoms with Crippen LogP contribution in [0.15, 0.2) is 36.0 Å². The van der Waals surface area contributed by atoms with Crippen molar-refractivity contribution >= 4 is 17.2 Å². The van der Waals surface area contributed by atoms with Crippen molar-refractivity contribution < 1.29 is 4.79 Å². The molecule has 3 aromatic rings. The molecule has 5 nitrogen and oxygen atoms in total. The van der Waals surface area contributed by atoms with Gasteiger partial charge in [-0.1, -0.05) is 0 Å². The monoisotopic (exact) mass is 326 g/mol. The minimum atomic E-state index is 0.0446. The molecule has 23 heavy (non-hydrogen) atoms. The van der Waals surface area contributed by atoms with E-state index in [0.717, 1.165) is 29.4 Å². The molecule has 1 aliphatic heterocycles. The second kappa shape index (κ2) is 5.38. The highest BCUT2D eigenvalue weighted by Crippen LogP contribution is 2.28. The highest BCUT2D eigenvalue weighted by molar-refractivity contribution is 7.09. The van der Waals surface area contributed by atoms with Crippen LogP contribution in [0.25, 0.3) is 11.3 Å². The predicted molar refractivity (Wildman–Crippen MR) is 90.5 cm³/mol. The number of hydrogen-bond acceptors (Lipinski definition) is 3. The van der Waals surface area contributed by atoms with Crippen molar-refractivity contribution in [2.24, 2.45) is 0 Å². The summed E-state index contributed by atoms with van der Waals surface area (Å²) in [6.45, 7) is 5.64. The van der Waals surface area contributed by atoms with Gasteiger partial charge in [0.15, 0.2) is 0 Å². The molecule has 0 saturated heterocycles. The summed E-state index contributed by atoms with van der Waals surface area (Å²) in [5.74, 6) is 0.0446. The molecule has 0 saturated carbocycles. The van der Waals surface area contributed by atoms with Crippen molar-refractivity contribution in [2.75, 3.05) is 6.54 Å². The molecule has 0 aliphatic carbocycles. The van der Waals surface area contributed by atoms with Crippen molar-refractivity contribution in [3.05, 3.63) is 52.4 Å². The molecule has 0 spiro atoms. The molecule has 0 aromatic carbocycles. The predicted octanol–water partition coefficient (Wildman–Crippen LogP) is 3.47. The number of fused-ring (bicyclic) bond motifs is 1. The van der Waals surface area contributed by atoms with Gasteiger partial charge in [-0.25, -0.2) is 4.98 Å². The molecule has 4 rings (SSSR count). The molecular weight excluding hydrogens is 308 g/mol. The molecule has 1 N–H and O–H groups in total. The van der Waals surface area contributed by atoms with Gasteiger partial charge in [-0.2, -0.15) is 0 Å². The number of aryl methyl sites for hydroxylation is 1. The maximum Gasteiger partial charge on any atom is 0.270 e. The van der Waals surface area contributed by atoms with Gasteiger partial charge < -0.3 is 14.5 Å². The van der Waals surface area contributed by atoms with Crippen LogP contribution in [0.2, 0.25) is 0 Å². The smallest absolute Gasteiger partial charge is 0.270 e. The van der Waals surface area contributed by atoms with Crippen LogP contribution in [-0.2, 0) is 6.54 Å². The summed E-state index contributed by atoms with van der Waals surface area (Å²) in [5, 5.41) is 3.04. The highest BCUT2D eigenvalue weighted by atomic mass is 32.1. The SMILES string of the molecule is Cc1nc(-c2c[nH]c(C(=O)N3CCn4cccc4C3C)c2)cs1. The van der Waals surface area contributed by atoms with Crippen molar-refractivity contribution in [3.63, 3.8) is 0 Å². The number of nitrogens with zero attached hydrogens (tertiary/aromatic N) is 3. The Morgan fingerprint density at radius 3 is 3.09 bits per heavy atom. The van der Waals surface area contributed by atoms with Gasteiger partial charge in [0.1, 0.15) is 5.69 Å². The van der Waals surface area contributed by atoms with Crippen LogP contribution in [0.4, 0.5) is 0 Å². The Labute approximate surface area is 138 Å². The third-order valence-electron chi connectivity index (χ3n) is 4.43. The number of H-pyrrole nitrogens is 1. The first kappa shape index (κ1) is 14.3. The maximum atomic E-state index is 12.9. The van der Waals surface area contributed by atoms with Crippen molar-refractivity contribution in [2.45, 2.75) is 26.4 Å². The Hall–Kier alpha value is -2.34. The fourth-order valence-corrected chi connectivity index (χ4v) is 3.79. The lowest BCUT2D eigenvalue weighted by atomic mass is 10.1. The van der Waals surface area contributed by atoms with Crippen molar-refractivity contribution in [3.8, 4) is 11.3 Å². The van der Waals surface area contributed by atoms with Gasteiger partial charge in [0.25, 0.3) is 5.91 Å². The second-order valence-electron chi connectivity index (χ2n) is 5.85. The number of nitrogens with one attached hydrogen (secondary N) is 1. The lowest BCUT2D eigenvalue weighted by molar-refractivity contribution is 0.0638. The molecule has 0 radical (unpaired) electrons. The first-order valence-electron chi connectivity index (χ1n) is 7.70. The van der Waals surface area contributed by atoms with E-state index in [4.69, 9.17) is 0 Å². The van der Waals surface area contributed by atoms with E-state index in [-0.39, 0.29) is 11.9 Å². The van der Waals surface area contributed by atoms with Gasteiger partial charge in [-0.15, -0.1) is 11.3 Å². The van der Waals surface area contributed by atoms with Crippen LogP contribution in [0, 0.1) is 6.92 Å². The second-order valence-corrected chi connectivity index (χ2v) is 6.92. The fraction of sp³-hybridized carbons (Fsp3) is 0.294. The fourth-order valence-electron chi connectivity index (χ4n) is 3.17. The van der Waals surface area contributed by atoms with Gasteiger partial charge in [0.2, 0.25) is 0 Å². The lowest BCUT2D eigenvalue weighted by Crippen LogP contribution is -2.40. The molecule has 1 amide bonds. The number of hydrogen-bond donors (Lipinski definition) is 1. The van der Waals surface area contributed by atoms with E-state index in [1.807, 2.05) is 35.5 Å². The number of aromatic amines is 1. The topological polar surface area (TPSA) is 53.9 Å². The van der Waals surface area contributed by atoms with E-state index >= 15 is 0 Å². The third-order valence-corrected chi connectivity index (χ3v) is 5.20. The minimum Gasteiger partial charge on any atom is -0.357 e. The molecule has 4 heterocycles. The summed E-state index contributed by atoms with van der Waals surface area (Å²) in [7, 11) is 0. The molecule has 1 atom stereocenters. The van der Waals surface area contributed by atoms with Crippen LogP contribution < -0.4 is 0 Å². The van der Waals surface area contributed by atoms with Crippen LogP contribution in [0.5, 0.6) is 0 Å². The van der Waals surface area contributed by atoms with Crippen LogP contribution in [-0.4, -0.2) is 31.9 Å². The Morgan fingerprint density at radius 1 is 1.43 bits per heavy atom. The summed E-state index contributed by atoms with van der Waals surface area (Å²) in [6.07, 6.45) is 3.93. The zero-order chi connectivity index (χ0) is 16.0. The quantitative estimate of drug-likeness (QED) is 0.784. The summed E-state index contributed by atoms with van der Waals surface area (Å²) in [4.78, 5) is 22.4. The molecule has 1 aliphatic rings. The number of thiazole rings is 1.